The Morgan fingerprint density at radius 3 is 2.86 bits per heavy atom. The molecule has 0 radical (unpaired) electrons. The van der Waals surface area contributed by atoms with Crippen molar-refractivity contribution in [1.29, 1.82) is 0 Å². The molecule has 1 aromatic rings. The standard InChI is InChI=1S/C11H14ClNO/c1-8(2)3-4-10(14)9-5-6-13-11(12)7-9/h5-8H,3-4H2,1-2H3. The van der Waals surface area contributed by atoms with Gasteiger partial charge in [0, 0.05) is 18.2 Å². The van der Waals surface area contributed by atoms with E-state index >= 15 is 0 Å². The summed E-state index contributed by atoms with van der Waals surface area (Å²) in [6, 6.07) is 3.32. The second-order valence-corrected chi connectivity index (χ2v) is 4.11. The maximum absolute atomic E-state index is 11.6. The molecule has 1 rings (SSSR count). The fraction of sp³-hybridized carbons (Fsp3) is 0.455. The molecule has 1 heterocycles. The first-order valence-electron chi connectivity index (χ1n) is 4.74. The first-order chi connectivity index (χ1) is 6.59. The molecular weight excluding hydrogens is 198 g/mol. The Kier molecular flexibility index (Phi) is 4.08. The van der Waals surface area contributed by atoms with Crippen LogP contribution >= 0.6 is 11.6 Å². The number of aromatic nitrogens is 1. The zero-order valence-electron chi connectivity index (χ0n) is 8.46. The van der Waals surface area contributed by atoms with Crippen molar-refractivity contribution in [3.8, 4) is 0 Å². The molecule has 0 N–H and O–H groups in total. The number of Topliss-reactive ketones (excluding diaryl/α,β-unsaturated/α-hetero) is 1. The van der Waals surface area contributed by atoms with Gasteiger partial charge in [0.2, 0.25) is 0 Å². The smallest absolute Gasteiger partial charge is 0.163 e. The molecule has 14 heavy (non-hydrogen) atoms. The van der Waals surface area contributed by atoms with Gasteiger partial charge in [0.15, 0.2) is 5.78 Å². The minimum Gasteiger partial charge on any atom is -0.294 e. The molecule has 3 heteroatoms. The summed E-state index contributed by atoms with van der Waals surface area (Å²) in [5, 5.41) is 0.375. The summed E-state index contributed by atoms with van der Waals surface area (Å²) >= 11 is 5.69. The van der Waals surface area contributed by atoms with E-state index in [9.17, 15) is 4.79 Å². The van der Waals surface area contributed by atoms with Gasteiger partial charge < -0.3 is 0 Å². The highest BCUT2D eigenvalue weighted by molar-refractivity contribution is 6.29. The van der Waals surface area contributed by atoms with E-state index in [0.29, 0.717) is 23.1 Å². The third-order valence-corrected chi connectivity index (χ3v) is 2.20. The van der Waals surface area contributed by atoms with Gasteiger partial charge >= 0.3 is 0 Å². The molecule has 0 aliphatic carbocycles. The Morgan fingerprint density at radius 1 is 1.57 bits per heavy atom. The number of pyridine rings is 1. The number of hydrogen-bond acceptors (Lipinski definition) is 2. The topological polar surface area (TPSA) is 30.0 Å². The van der Waals surface area contributed by atoms with Crippen LogP contribution in [0.1, 0.15) is 37.0 Å². The largest absolute Gasteiger partial charge is 0.294 e. The van der Waals surface area contributed by atoms with Crippen molar-refractivity contribution in [3.63, 3.8) is 0 Å². The van der Waals surface area contributed by atoms with Crippen molar-refractivity contribution in [1.82, 2.24) is 4.98 Å². The van der Waals surface area contributed by atoms with Gasteiger partial charge in [-0.15, -0.1) is 0 Å². The summed E-state index contributed by atoms with van der Waals surface area (Å²) in [6.07, 6.45) is 3.06. The first-order valence-corrected chi connectivity index (χ1v) is 5.12. The lowest BCUT2D eigenvalue weighted by molar-refractivity contribution is 0.0975. The lowest BCUT2D eigenvalue weighted by Crippen LogP contribution is -2.01. The molecular formula is C11H14ClNO. The summed E-state index contributed by atoms with van der Waals surface area (Å²) in [4.78, 5) is 15.4. The minimum absolute atomic E-state index is 0.142. The maximum atomic E-state index is 11.6. The van der Waals surface area contributed by atoms with Crippen LogP contribution < -0.4 is 0 Å². The summed E-state index contributed by atoms with van der Waals surface area (Å²) < 4.78 is 0. The molecule has 0 fully saturated rings. The lowest BCUT2D eigenvalue weighted by atomic mass is 10.0. The van der Waals surface area contributed by atoms with Crippen LogP contribution in [0.2, 0.25) is 5.15 Å². The third-order valence-electron chi connectivity index (χ3n) is 2.00. The number of hydrogen-bond donors (Lipinski definition) is 0. The van der Waals surface area contributed by atoms with Crippen molar-refractivity contribution in [2.45, 2.75) is 26.7 Å². The number of carbonyl (C=O) groups excluding carboxylic acids is 1. The van der Waals surface area contributed by atoms with Crippen molar-refractivity contribution < 1.29 is 4.79 Å². The van der Waals surface area contributed by atoms with E-state index in [1.807, 2.05) is 0 Å². The van der Waals surface area contributed by atoms with E-state index in [2.05, 4.69) is 18.8 Å². The fourth-order valence-corrected chi connectivity index (χ4v) is 1.31. The summed E-state index contributed by atoms with van der Waals surface area (Å²) in [7, 11) is 0. The predicted molar refractivity (Wildman–Crippen MR) is 57.6 cm³/mol. The SMILES string of the molecule is CC(C)CCC(=O)c1ccnc(Cl)c1. The lowest BCUT2D eigenvalue weighted by Gasteiger charge is -2.03. The Hall–Kier alpha value is -0.890. The monoisotopic (exact) mass is 211 g/mol. The highest BCUT2D eigenvalue weighted by Gasteiger charge is 2.07. The molecule has 0 spiro atoms. The van der Waals surface area contributed by atoms with Crippen molar-refractivity contribution >= 4 is 17.4 Å². The van der Waals surface area contributed by atoms with Crippen molar-refractivity contribution in [2.75, 3.05) is 0 Å². The van der Waals surface area contributed by atoms with Crippen LogP contribution in [0.4, 0.5) is 0 Å². The number of rotatable bonds is 4. The Balaban J connectivity index is 2.61. The van der Waals surface area contributed by atoms with Crippen LogP contribution in [0.25, 0.3) is 0 Å². The first kappa shape index (κ1) is 11.2. The summed E-state index contributed by atoms with van der Waals surface area (Å²) in [5.74, 6) is 0.694. The number of nitrogens with zero attached hydrogens (tertiary/aromatic N) is 1. The van der Waals surface area contributed by atoms with Crippen LogP contribution in [0, 0.1) is 5.92 Å². The fourth-order valence-electron chi connectivity index (χ4n) is 1.14. The molecule has 0 unspecified atom stereocenters. The van der Waals surface area contributed by atoms with Crippen LogP contribution in [-0.2, 0) is 0 Å². The van der Waals surface area contributed by atoms with Gasteiger partial charge in [-0.25, -0.2) is 4.98 Å². The predicted octanol–water partition coefficient (Wildman–Crippen LogP) is 3.35. The molecule has 0 saturated heterocycles. The van der Waals surface area contributed by atoms with Gasteiger partial charge in [-0.1, -0.05) is 25.4 Å². The van der Waals surface area contributed by atoms with Crippen molar-refractivity contribution in [3.05, 3.63) is 29.0 Å². The molecule has 0 saturated carbocycles. The maximum Gasteiger partial charge on any atom is 0.163 e. The van der Waals surface area contributed by atoms with E-state index in [-0.39, 0.29) is 5.78 Å². The van der Waals surface area contributed by atoms with Gasteiger partial charge in [0.1, 0.15) is 5.15 Å². The Morgan fingerprint density at radius 2 is 2.29 bits per heavy atom. The van der Waals surface area contributed by atoms with Crippen LogP contribution in [0.3, 0.4) is 0 Å². The quantitative estimate of drug-likeness (QED) is 0.565. The zero-order valence-corrected chi connectivity index (χ0v) is 9.21. The average Bonchev–Trinajstić information content (AvgIpc) is 2.14. The average molecular weight is 212 g/mol. The summed E-state index contributed by atoms with van der Waals surface area (Å²) in [5.41, 5.74) is 0.658. The van der Waals surface area contributed by atoms with Gasteiger partial charge in [-0.2, -0.15) is 0 Å². The van der Waals surface area contributed by atoms with Crippen LogP contribution in [-0.4, -0.2) is 10.8 Å². The number of halogens is 1. The molecule has 0 aliphatic rings. The minimum atomic E-state index is 0.142. The van der Waals surface area contributed by atoms with E-state index in [1.165, 1.54) is 0 Å². The van der Waals surface area contributed by atoms with E-state index < -0.39 is 0 Å². The van der Waals surface area contributed by atoms with Gasteiger partial charge in [-0.3, -0.25) is 4.79 Å². The molecule has 0 aromatic carbocycles. The second kappa shape index (κ2) is 5.11. The molecule has 0 aliphatic heterocycles. The second-order valence-electron chi connectivity index (χ2n) is 3.72. The van der Waals surface area contributed by atoms with Gasteiger partial charge in [0.05, 0.1) is 0 Å². The molecule has 2 nitrogen and oxygen atoms in total. The third kappa shape index (κ3) is 3.46. The number of carbonyl (C=O) groups is 1. The van der Waals surface area contributed by atoms with E-state index in [1.54, 1.807) is 18.3 Å². The highest BCUT2D eigenvalue weighted by atomic mass is 35.5. The molecule has 0 atom stereocenters. The van der Waals surface area contributed by atoms with Gasteiger partial charge in [0.25, 0.3) is 0 Å². The molecule has 0 bridgehead atoms. The van der Waals surface area contributed by atoms with E-state index in [0.717, 1.165) is 6.42 Å². The van der Waals surface area contributed by atoms with Gasteiger partial charge in [-0.05, 0) is 24.5 Å². The van der Waals surface area contributed by atoms with Crippen LogP contribution in [0.5, 0.6) is 0 Å². The highest BCUT2D eigenvalue weighted by Crippen LogP contribution is 2.12. The summed E-state index contributed by atoms with van der Waals surface area (Å²) in [6.45, 7) is 4.21. The molecule has 76 valence electrons. The molecule has 1 aromatic heterocycles. The van der Waals surface area contributed by atoms with Crippen LogP contribution in [0.15, 0.2) is 18.3 Å². The van der Waals surface area contributed by atoms with E-state index in [4.69, 9.17) is 11.6 Å². The Labute approximate surface area is 89.3 Å². The zero-order chi connectivity index (χ0) is 10.6. The normalized spacial score (nSPS) is 10.6. The molecule has 0 amide bonds. The number of ketones is 1. The Bertz CT molecular complexity index is 323. The van der Waals surface area contributed by atoms with Crippen molar-refractivity contribution in [2.24, 2.45) is 5.92 Å².